The van der Waals surface area contributed by atoms with Gasteiger partial charge < -0.3 is 9.88 Å². The fraction of sp³-hybridized carbons (Fsp3) is 0.611. The third-order valence-corrected chi connectivity index (χ3v) is 5.01. The predicted octanol–water partition coefficient (Wildman–Crippen LogP) is 3.99. The molecule has 2 unspecified atom stereocenters. The molecule has 0 amide bonds. The van der Waals surface area contributed by atoms with Crippen LogP contribution in [0.2, 0.25) is 0 Å². The molecule has 4 rings (SSSR count). The maximum absolute atomic E-state index is 4.83. The van der Waals surface area contributed by atoms with Gasteiger partial charge in [-0.1, -0.05) is 20.8 Å². The summed E-state index contributed by atoms with van der Waals surface area (Å²) >= 11 is 0. The van der Waals surface area contributed by atoms with Gasteiger partial charge in [0.1, 0.15) is 5.82 Å². The SMILES string of the molecule is Cc1nc2cc3c(cc2n1CC(C)(C)C)C1CNCC3C1.Cl. The molecule has 120 valence electrons. The summed E-state index contributed by atoms with van der Waals surface area (Å²) in [5.41, 5.74) is 5.91. The van der Waals surface area contributed by atoms with Gasteiger partial charge in [0.15, 0.2) is 0 Å². The molecule has 1 aromatic heterocycles. The highest BCUT2D eigenvalue weighted by molar-refractivity contribution is 5.85. The van der Waals surface area contributed by atoms with Crippen molar-refractivity contribution in [3.63, 3.8) is 0 Å². The van der Waals surface area contributed by atoms with Crippen LogP contribution < -0.4 is 5.32 Å². The van der Waals surface area contributed by atoms with Crippen LogP contribution in [0.3, 0.4) is 0 Å². The summed E-state index contributed by atoms with van der Waals surface area (Å²) in [7, 11) is 0. The second-order valence-corrected chi connectivity index (χ2v) is 8.06. The molecular formula is C18H26ClN3. The Balaban J connectivity index is 0.00000144. The van der Waals surface area contributed by atoms with Crippen molar-refractivity contribution in [2.24, 2.45) is 5.41 Å². The van der Waals surface area contributed by atoms with Crippen molar-refractivity contribution >= 4 is 23.4 Å². The molecule has 1 fully saturated rings. The van der Waals surface area contributed by atoms with Gasteiger partial charge in [-0.2, -0.15) is 0 Å². The molecule has 2 aliphatic rings. The van der Waals surface area contributed by atoms with Crippen LogP contribution in [0.5, 0.6) is 0 Å². The van der Waals surface area contributed by atoms with Gasteiger partial charge in [-0.15, -0.1) is 12.4 Å². The average molecular weight is 320 g/mol. The van der Waals surface area contributed by atoms with Crippen molar-refractivity contribution in [2.45, 2.75) is 52.5 Å². The lowest BCUT2D eigenvalue weighted by atomic mass is 9.96. The molecule has 0 saturated carbocycles. The molecule has 2 aromatic rings. The van der Waals surface area contributed by atoms with Gasteiger partial charge in [0.2, 0.25) is 0 Å². The standard InChI is InChI=1S/C18H25N3.ClH/c1-11-20-16-6-14-12-5-13(9-19-8-12)15(14)7-17(16)21(11)10-18(2,3)4;/h6-7,12-13,19H,5,8-10H2,1-4H3;1H. The molecule has 22 heavy (non-hydrogen) atoms. The van der Waals surface area contributed by atoms with Crippen molar-refractivity contribution in [3.05, 3.63) is 29.1 Å². The van der Waals surface area contributed by atoms with Crippen molar-refractivity contribution in [1.29, 1.82) is 0 Å². The first-order valence-electron chi connectivity index (χ1n) is 8.14. The van der Waals surface area contributed by atoms with Crippen LogP contribution in [-0.4, -0.2) is 22.6 Å². The topological polar surface area (TPSA) is 29.9 Å². The number of nitrogens with zero attached hydrogens (tertiary/aromatic N) is 2. The molecule has 1 saturated heterocycles. The van der Waals surface area contributed by atoms with Crippen molar-refractivity contribution in [1.82, 2.24) is 14.9 Å². The number of hydrogen-bond acceptors (Lipinski definition) is 2. The zero-order valence-corrected chi connectivity index (χ0v) is 14.8. The van der Waals surface area contributed by atoms with Crippen molar-refractivity contribution < 1.29 is 0 Å². The van der Waals surface area contributed by atoms with Gasteiger partial charge >= 0.3 is 0 Å². The quantitative estimate of drug-likeness (QED) is 0.861. The lowest BCUT2D eigenvalue weighted by molar-refractivity contribution is 0.345. The molecule has 1 N–H and O–H groups in total. The van der Waals surface area contributed by atoms with Gasteiger partial charge in [-0.3, -0.25) is 0 Å². The molecule has 4 heteroatoms. The molecule has 1 aliphatic carbocycles. The lowest BCUT2D eigenvalue weighted by Gasteiger charge is -2.21. The summed E-state index contributed by atoms with van der Waals surface area (Å²) in [6, 6.07) is 4.81. The number of aryl methyl sites for hydroxylation is 1. The van der Waals surface area contributed by atoms with E-state index >= 15 is 0 Å². The average Bonchev–Trinajstić information content (AvgIpc) is 2.83. The Morgan fingerprint density at radius 1 is 1.18 bits per heavy atom. The number of aromatic nitrogens is 2. The number of benzene rings is 1. The van der Waals surface area contributed by atoms with E-state index in [9.17, 15) is 0 Å². The molecule has 1 aliphatic heterocycles. The third-order valence-electron chi connectivity index (χ3n) is 5.01. The molecule has 3 nitrogen and oxygen atoms in total. The summed E-state index contributed by atoms with van der Waals surface area (Å²) < 4.78 is 2.41. The summed E-state index contributed by atoms with van der Waals surface area (Å²) in [5.74, 6) is 2.56. The van der Waals surface area contributed by atoms with Crippen LogP contribution in [0.15, 0.2) is 12.1 Å². The number of piperidine rings is 1. The third kappa shape index (κ3) is 2.44. The van der Waals surface area contributed by atoms with Gasteiger partial charge in [0, 0.05) is 19.6 Å². The maximum atomic E-state index is 4.83. The van der Waals surface area contributed by atoms with Gasteiger partial charge in [0.25, 0.3) is 0 Å². The van der Waals surface area contributed by atoms with Crippen LogP contribution >= 0.6 is 12.4 Å². The van der Waals surface area contributed by atoms with E-state index in [0.29, 0.717) is 11.8 Å². The predicted molar refractivity (Wildman–Crippen MR) is 94.1 cm³/mol. The highest BCUT2D eigenvalue weighted by atomic mass is 35.5. The van der Waals surface area contributed by atoms with Gasteiger partial charge in [-0.05, 0) is 53.9 Å². The van der Waals surface area contributed by atoms with Crippen LogP contribution in [-0.2, 0) is 6.54 Å². The fourth-order valence-electron chi connectivity index (χ4n) is 4.12. The van der Waals surface area contributed by atoms with E-state index in [0.717, 1.165) is 25.5 Å². The highest BCUT2D eigenvalue weighted by Gasteiger charge is 2.35. The molecule has 2 bridgehead atoms. The normalized spacial score (nSPS) is 23.5. The van der Waals surface area contributed by atoms with Gasteiger partial charge in [0.05, 0.1) is 11.0 Å². The minimum atomic E-state index is 0. The molecule has 0 radical (unpaired) electrons. The van der Waals surface area contributed by atoms with E-state index in [1.807, 2.05) is 0 Å². The Kier molecular flexibility index (Phi) is 3.77. The Hall–Kier alpha value is -1.06. The minimum absolute atomic E-state index is 0. The van der Waals surface area contributed by atoms with Crippen molar-refractivity contribution in [2.75, 3.05) is 13.1 Å². The number of rotatable bonds is 1. The largest absolute Gasteiger partial charge is 0.328 e. The number of hydrogen-bond donors (Lipinski definition) is 1. The zero-order chi connectivity index (χ0) is 14.8. The Bertz CT molecular complexity index is 711. The minimum Gasteiger partial charge on any atom is -0.328 e. The molecule has 2 heterocycles. The van der Waals surface area contributed by atoms with Crippen LogP contribution in [0.1, 0.15) is 56.0 Å². The number of halogens is 1. The zero-order valence-electron chi connectivity index (χ0n) is 13.9. The number of nitrogens with one attached hydrogen (secondary N) is 1. The van der Waals surface area contributed by atoms with E-state index in [4.69, 9.17) is 4.98 Å². The van der Waals surface area contributed by atoms with E-state index in [1.165, 1.54) is 17.5 Å². The molecule has 2 atom stereocenters. The lowest BCUT2D eigenvalue weighted by Crippen LogP contribution is -2.28. The van der Waals surface area contributed by atoms with E-state index in [-0.39, 0.29) is 17.8 Å². The number of imidazole rings is 1. The van der Waals surface area contributed by atoms with Crippen LogP contribution in [0, 0.1) is 12.3 Å². The summed E-state index contributed by atoms with van der Waals surface area (Å²) in [6.07, 6.45) is 1.33. The second-order valence-electron chi connectivity index (χ2n) is 8.06. The van der Waals surface area contributed by atoms with Crippen LogP contribution in [0.25, 0.3) is 11.0 Å². The van der Waals surface area contributed by atoms with E-state index < -0.39 is 0 Å². The maximum Gasteiger partial charge on any atom is 0.106 e. The fourth-order valence-corrected chi connectivity index (χ4v) is 4.12. The second kappa shape index (κ2) is 5.24. The molecule has 1 aromatic carbocycles. The molecular weight excluding hydrogens is 294 g/mol. The number of fused-ring (bicyclic) bond motifs is 6. The highest BCUT2D eigenvalue weighted by Crippen LogP contribution is 2.45. The Morgan fingerprint density at radius 2 is 1.82 bits per heavy atom. The summed E-state index contributed by atoms with van der Waals surface area (Å²) in [5, 5.41) is 3.58. The van der Waals surface area contributed by atoms with Crippen LogP contribution in [0.4, 0.5) is 0 Å². The first kappa shape index (κ1) is 15.8. The van der Waals surface area contributed by atoms with E-state index in [1.54, 1.807) is 11.1 Å². The van der Waals surface area contributed by atoms with Crippen molar-refractivity contribution in [3.8, 4) is 0 Å². The molecule has 0 spiro atoms. The van der Waals surface area contributed by atoms with E-state index in [2.05, 4.69) is 49.7 Å². The Labute approximate surface area is 138 Å². The monoisotopic (exact) mass is 319 g/mol. The Morgan fingerprint density at radius 3 is 2.45 bits per heavy atom. The first-order valence-corrected chi connectivity index (χ1v) is 8.14. The summed E-state index contributed by atoms with van der Waals surface area (Å²) in [4.78, 5) is 4.83. The first-order chi connectivity index (χ1) is 9.92. The van der Waals surface area contributed by atoms with Gasteiger partial charge in [-0.25, -0.2) is 4.98 Å². The summed E-state index contributed by atoms with van der Waals surface area (Å²) in [6.45, 7) is 12.3. The smallest absolute Gasteiger partial charge is 0.106 e.